The minimum absolute atomic E-state index is 0.690. The fourth-order valence-corrected chi connectivity index (χ4v) is 3.91. The molecular formula is C17H35N3. The standard InChI is InChI=1S/C17H35N3/c1-14(2)7-9-18-12-15(3)20-11-8-17-16(13-20)6-5-10-19(17)4/h14-18H,5-13H2,1-4H3. The molecule has 20 heavy (non-hydrogen) atoms. The molecule has 0 bridgehead atoms. The molecule has 2 aliphatic heterocycles. The van der Waals surface area contributed by atoms with Gasteiger partial charge in [0, 0.05) is 25.2 Å². The van der Waals surface area contributed by atoms with E-state index in [0.717, 1.165) is 24.4 Å². The first-order chi connectivity index (χ1) is 9.58. The van der Waals surface area contributed by atoms with E-state index in [1.807, 2.05) is 0 Å². The number of hydrogen-bond acceptors (Lipinski definition) is 3. The van der Waals surface area contributed by atoms with Gasteiger partial charge in [-0.2, -0.15) is 0 Å². The average molecular weight is 281 g/mol. The summed E-state index contributed by atoms with van der Waals surface area (Å²) in [6.07, 6.45) is 5.51. The van der Waals surface area contributed by atoms with Gasteiger partial charge in [0.25, 0.3) is 0 Å². The molecule has 2 saturated heterocycles. The minimum Gasteiger partial charge on any atom is -0.315 e. The molecule has 3 heteroatoms. The van der Waals surface area contributed by atoms with Gasteiger partial charge >= 0.3 is 0 Å². The molecule has 2 aliphatic rings. The number of nitrogens with zero attached hydrogens (tertiary/aromatic N) is 2. The van der Waals surface area contributed by atoms with E-state index in [-0.39, 0.29) is 0 Å². The van der Waals surface area contributed by atoms with Crippen LogP contribution >= 0.6 is 0 Å². The lowest BCUT2D eigenvalue weighted by Gasteiger charge is -2.47. The second-order valence-electron chi connectivity index (χ2n) is 7.47. The van der Waals surface area contributed by atoms with Crippen molar-refractivity contribution >= 4 is 0 Å². The van der Waals surface area contributed by atoms with Crippen molar-refractivity contribution in [1.82, 2.24) is 15.1 Å². The van der Waals surface area contributed by atoms with E-state index in [2.05, 4.69) is 42.9 Å². The zero-order valence-electron chi connectivity index (χ0n) is 14.1. The number of rotatable bonds is 6. The van der Waals surface area contributed by atoms with Crippen molar-refractivity contribution in [2.24, 2.45) is 11.8 Å². The van der Waals surface area contributed by atoms with Gasteiger partial charge in [-0.15, -0.1) is 0 Å². The molecule has 2 fully saturated rings. The molecule has 0 amide bonds. The van der Waals surface area contributed by atoms with Crippen molar-refractivity contribution in [3.05, 3.63) is 0 Å². The Labute approximate surface area is 126 Å². The summed E-state index contributed by atoms with van der Waals surface area (Å²) >= 11 is 0. The Morgan fingerprint density at radius 2 is 1.95 bits per heavy atom. The molecule has 3 nitrogen and oxygen atoms in total. The maximum Gasteiger partial charge on any atom is 0.0192 e. The van der Waals surface area contributed by atoms with Crippen LogP contribution in [0.25, 0.3) is 0 Å². The molecular weight excluding hydrogens is 246 g/mol. The van der Waals surface area contributed by atoms with Gasteiger partial charge in [0.15, 0.2) is 0 Å². The molecule has 2 rings (SSSR count). The second-order valence-corrected chi connectivity index (χ2v) is 7.47. The highest BCUT2D eigenvalue weighted by atomic mass is 15.2. The Balaban J connectivity index is 1.71. The van der Waals surface area contributed by atoms with E-state index in [9.17, 15) is 0 Å². The van der Waals surface area contributed by atoms with Gasteiger partial charge in [0.1, 0.15) is 0 Å². The first kappa shape index (κ1) is 16.3. The average Bonchev–Trinajstić information content (AvgIpc) is 2.43. The van der Waals surface area contributed by atoms with Crippen LogP contribution in [0.1, 0.15) is 46.5 Å². The van der Waals surface area contributed by atoms with Gasteiger partial charge in [-0.25, -0.2) is 0 Å². The first-order valence-electron chi connectivity index (χ1n) is 8.73. The number of nitrogens with one attached hydrogen (secondary N) is 1. The summed E-state index contributed by atoms with van der Waals surface area (Å²) in [5.41, 5.74) is 0. The lowest BCUT2D eigenvalue weighted by Crippen LogP contribution is -2.55. The summed E-state index contributed by atoms with van der Waals surface area (Å²) in [5, 5.41) is 3.64. The molecule has 2 heterocycles. The predicted octanol–water partition coefficient (Wildman–Crippen LogP) is 2.43. The van der Waals surface area contributed by atoms with Crippen LogP contribution in [0.15, 0.2) is 0 Å². The van der Waals surface area contributed by atoms with Gasteiger partial charge < -0.3 is 10.2 Å². The van der Waals surface area contributed by atoms with Gasteiger partial charge in [0.2, 0.25) is 0 Å². The SMILES string of the molecule is CC(C)CCNCC(C)N1CCC2C(CCCN2C)C1. The summed E-state index contributed by atoms with van der Waals surface area (Å²) in [7, 11) is 2.32. The minimum atomic E-state index is 0.690. The van der Waals surface area contributed by atoms with E-state index < -0.39 is 0 Å². The number of likely N-dealkylation sites (tertiary alicyclic amines) is 2. The third-order valence-corrected chi connectivity index (χ3v) is 5.34. The van der Waals surface area contributed by atoms with Crippen molar-refractivity contribution in [2.75, 3.05) is 39.8 Å². The van der Waals surface area contributed by atoms with Crippen LogP contribution in [-0.2, 0) is 0 Å². The van der Waals surface area contributed by atoms with Crippen LogP contribution in [0.3, 0.4) is 0 Å². The highest BCUT2D eigenvalue weighted by Gasteiger charge is 2.35. The molecule has 3 atom stereocenters. The molecule has 0 aromatic rings. The summed E-state index contributed by atoms with van der Waals surface area (Å²) in [4.78, 5) is 5.33. The predicted molar refractivity (Wildman–Crippen MR) is 87.1 cm³/mol. The van der Waals surface area contributed by atoms with E-state index in [1.54, 1.807) is 0 Å². The smallest absolute Gasteiger partial charge is 0.0192 e. The molecule has 0 aliphatic carbocycles. The van der Waals surface area contributed by atoms with E-state index in [1.165, 1.54) is 51.9 Å². The summed E-state index contributed by atoms with van der Waals surface area (Å²) in [5.74, 6) is 1.73. The highest BCUT2D eigenvalue weighted by molar-refractivity contribution is 4.90. The van der Waals surface area contributed by atoms with Gasteiger partial charge in [-0.1, -0.05) is 13.8 Å². The normalized spacial score (nSPS) is 30.4. The third kappa shape index (κ3) is 4.44. The summed E-state index contributed by atoms with van der Waals surface area (Å²) in [6, 6.07) is 1.55. The molecule has 0 saturated carbocycles. The number of fused-ring (bicyclic) bond motifs is 1. The summed E-state index contributed by atoms with van der Waals surface area (Å²) < 4.78 is 0. The molecule has 0 spiro atoms. The van der Waals surface area contributed by atoms with Crippen LogP contribution in [0, 0.1) is 11.8 Å². The molecule has 3 unspecified atom stereocenters. The second kappa shape index (κ2) is 7.77. The Hall–Kier alpha value is -0.120. The number of piperidine rings is 2. The first-order valence-corrected chi connectivity index (χ1v) is 8.73. The van der Waals surface area contributed by atoms with Crippen molar-refractivity contribution in [2.45, 2.75) is 58.5 Å². The summed E-state index contributed by atoms with van der Waals surface area (Å²) in [6.45, 7) is 13.2. The van der Waals surface area contributed by atoms with Crippen LogP contribution in [0.2, 0.25) is 0 Å². The molecule has 0 aromatic carbocycles. The van der Waals surface area contributed by atoms with Crippen molar-refractivity contribution in [1.29, 1.82) is 0 Å². The van der Waals surface area contributed by atoms with Crippen molar-refractivity contribution < 1.29 is 0 Å². The zero-order chi connectivity index (χ0) is 14.5. The Morgan fingerprint density at radius 1 is 1.15 bits per heavy atom. The van der Waals surface area contributed by atoms with E-state index >= 15 is 0 Å². The molecule has 0 radical (unpaired) electrons. The maximum absolute atomic E-state index is 3.64. The fourth-order valence-electron chi connectivity index (χ4n) is 3.91. The molecule has 0 aromatic heterocycles. The zero-order valence-corrected chi connectivity index (χ0v) is 14.1. The van der Waals surface area contributed by atoms with E-state index in [4.69, 9.17) is 0 Å². The van der Waals surface area contributed by atoms with Gasteiger partial charge in [0.05, 0.1) is 0 Å². The van der Waals surface area contributed by atoms with Crippen molar-refractivity contribution in [3.63, 3.8) is 0 Å². The lowest BCUT2D eigenvalue weighted by molar-refractivity contribution is 0.0234. The Morgan fingerprint density at radius 3 is 2.70 bits per heavy atom. The van der Waals surface area contributed by atoms with Crippen LogP contribution < -0.4 is 5.32 Å². The van der Waals surface area contributed by atoms with Crippen LogP contribution in [0.4, 0.5) is 0 Å². The Bertz CT molecular complexity index is 279. The quantitative estimate of drug-likeness (QED) is 0.754. The Kier molecular flexibility index (Phi) is 6.31. The topological polar surface area (TPSA) is 18.5 Å². The molecule has 1 N–H and O–H groups in total. The van der Waals surface area contributed by atoms with Gasteiger partial charge in [-0.05, 0) is 71.1 Å². The van der Waals surface area contributed by atoms with Crippen molar-refractivity contribution in [3.8, 4) is 0 Å². The lowest BCUT2D eigenvalue weighted by atomic mass is 9.84. The van der Waals surface area contributed by atoms with Gasteiger partial charge in [-0.3, -0.25) is 4.90 Å². The monoisotopic (exact) mass is 281 g/mol. The largest absolute Gasteiger partial charge is 0.315 e. The number of hydrogen-bond donors (Lipinski definition) is 1. The highest BCUT2D eigenvalue weighted by Crippen LogP contribution is 2.30. The van der Waals surface area contributed by atoms with E-state index in [0.29, 0.717) is 6.04 Å². The maximum atomic E-state index is 3.64. The van der Waals surface area contributed by atoms with Crippen LogP contribution in [0.5, 0.6) is 0 Å². The fraction of sp³-hybridized carbons (Fsp3) is 1.00. The third-order valence-electron chi connectivity index (χ3n) is 5.34. The molecule has 118 valence electrons. The van der Waals surface area contributed by atoms with Crippen LogP contribution in [-0.4, -0.2) is 61.7 Å².